The minimum Gasteiger partial charge on any atom is -0.453 e. The molecule has 13 nitrogen and oxygen atoms in total. The van der Waals surface area contributed by atoms with Gasteiger partial charge in [0.15, 0.2) is 0 Å². The summed E-state index contributed by atoms with van der Waals surface area (Å²) in [5.41, 5.74) is -0.614. The Kier molecular flexibility index (Phi) is 11.9. The van der Waals surface area contributed by atoms with E-state index in [1.54, 1.807) is 40.9 Å². The lowest BCUT2D eigenvalue weighted by Gasteiger charge is -2.21. The molecule has 0 radical (unpaired) electrons. The Balaban J connectivity index is 1.99. The van der Waals surface area contributed by atoms with Crippen molar-refractivity contribution in [3.05, 3.63) is 70.2 Å². The van der Waals surface area contributed by atoms with Crippen LogP contribution in [0.2, 0.25) is 0 Å². The number of fused-ring (bicyclic) bond motifs is 1. The number of ether oxygens (including phenoxy) is 2. The van der Waals surface area contributed by atoms with Gasteiger partial charge in [0.2, 0.25) is 11.8 Å². The molecule has 3 rings (SSSR count). The summed E-state index contributed by atoms with van der Waals surface area (Å²) in [6.45, 7) is 10.9. The van der Waals surface area contributed by atoms with E-state index in [9.17, 15) is 28.4 Å². The van der Waals surface area contributed by atoms with Crippen molar-refractivity contribution in [1.82, 2.24) is 24.3 Å². The summed E-state index contributed by atoms with van der Waals surface area (Å²) in [6.07, 6.45) is 3.59. The van der Waals surface area contributed by atoms with E-state index in [-0.39, 0.29) is 47.7 Å². The first kappa shape index (κ1) is 37.4. The van der Waals surface area contributed by atoms with Gasteiger partial charge < -0.3 is 29.6 Å². The van der Waals surface area contributed by atoms with Crippen LogP contribution in [-0.4, -0.2) is 75.9 Å². The number of hydrogen-bond acceptors (Lipinski definition) is 8. The van der Waals surface area contributed by atoms with Gasteiger partial charge >= 0.3 is 12.2 Å². The molecule has 1 unspecified atom stereocenters. The van der Waals surface area contributed by atoms with Crippen molar-refractivity contribution in [3.8, 4) is 0 Å². The number of carbonyl (C=O) groups is 4. The second kappa shape index (κ2) is 15.3. The van der Waals surface area contributed by atoms with Crippen LogP contribution in [-0.2, 0) is 32.0 Å². The van der Waals surface area contributed by atoms with Crippen LogP contribution < -0.4 is 16.2 Å². The Morgan fingerprint density at radius 1 is 1.10 bits per heavy atom. The number of benzene rings is 1. The molecular weight excluding hydrogens is 623 g/mol. The van der Waals surface area contributed by atoms with Gasteiger partial charge in [0, 0.05) is 26.4 Å². The van der Waals surface area contributed by atoms with Crippen molar-refractivity contribution in [2.75, 3.05) is 26.5 Å². The number of allylic oxidation sites excluding steroid dienone is 1. The Morgan fingerprint density at radius 2 is 1.79 bits per heavy atom. The number of likely N-dealkylation sites (N-methyl/N-ethyl adjacent to an activating group) is 1. The Labute approximate surface area is 279 Å². The Bertz CT molecular complexity index is 1760. The second-order valence-corrected chi connectivity index (χ2v) is 13.8. The van der Waals surface area contributed by atoms with Crippen LogP contribution >= 0.6 is 0 Å². The zero-order chi connectivity index (χ0) is 36.0. The number of nitrogens with zero attached hydrogens (tertiary/aromatic N) is 4. The van der Waals surface area contributed by atoms with E-state index in [2.05, 4.69) is 15.4 Å². The highest BCUT2D eigenvalue weighted by atomic mass is 19.1. The number of anilines is 1. The van der Waals surface area contributed by atoms with Crippen molar-refractivity contribution in [3.63, 3.8) is 0 Å². The largest absolute Gasteiger partial charge is 0.453 e. The van der Waals surface area contributed by atoms with E-state index in [1.165, 1.54) is 50.6 Å². The average Bonchev–Trinajstić information content (AvgIpc) is 3.32. The van der Waals surface area contributed by atoms with Gasteiger partial charge in [-0.15, -0.1) is 0 Å². The summed E-state index contributed by atoms with van der Waals surface area (Å²) in [7, 11) is 4.36. The van der Waals surface area contributed by atoms with Crippen LogP contribution in [0, 0.1) is 11.2 Å². The number of amides is 3. The first-order chi connectivity index (χ1) is 22.3. The van der Waals surface area contributed by atoms with Gasteiger partial charge in [0.25, 0.3) is 5.56 Å². The highest BCUT2D eigenvalue weighted by Crippen LogP contribution is 2.29. The maximum absolute atomic E-state index is 14.9. The first-order valence-electron chi connectivity index (χ1n) is 15.5. The first-order valence-corrected chi connectivity index (χ1v) is 15.5. The summed E-state index contributed by atoms with van der Waals surface area (Å²) < 4.78 is 27.6. The molecule has 14 heteroatoms. The number of alkyl carbamates (subject to hydrolysis) is 1. The van der Waals surface area contributed by atoms with E-state index in [0.717, 1.165) is 7.11 Å². The number of aromatic nitrogens is 3. The number of nitrogens with one attached hydrogen (secondary N) is 2. The molecule has 260 valence electrons. The highest BCUT2D eigenvalue weighted by molar-refractivity contribution is 5.96. The monoisotopic (exact) mass is 668 g/mol. The maximum atomic E-state index is 14.9. The third kappa shape index (κ3) is 10.2. The minimum atomic E-state index is -1.10. The van der Waals surface area contributed by atoms with E-state index in [1.807, 2.05) is 20.8 Å². The second-order valence-electron chi connectivity index (χ2n) is 13.8. The smallest absolute Gasteiger partial charge is 0.420 e. The molecule has 3 amide bonds. The van der Waals surface area contributed by atoms with Crippen molar-refractivity contribution in [2.24, 2.45) is 5.41 Å². The standard InChI is InChI=1S/C34H45FN6O7/c1-33(2,3)19-21-17-22(35)18-25-28(21)38-26(41(25)32(46)48-34(4,5)6)20-40-16-12-14-24(30(40)44)36-29(43)23(37-31(45)47-9)13-10-11-15-27(42)39(7)8/h11-12,14-18,23H,10,13,19-20H2,1-9H3,(H,36,43)(H,37,45)/b15-11+. The van der Waals surface area contributed by atoms with E-state index in [0.29, 0.717) is 17.5 Å². The van der Waals surface area contributed by atoms with Crippen LogP contribution in [0.1, 0.15) is 65.8 Å². The van der Waals surface area contributed by atoms with E-state index < -0.39 is 41.1 Å². The van der Waals surface area contributed by atoms with Crippen LogP contribution in [0.4, 0.5) is 19.7 Å². The number of hydrogen-bond donors (Lipinski definition) is 2. The van der Waals surface area contributed by atoms with E-state index >= 15 is 0 Å². The lowest BCUT2D eigenvalue weighted by Crippen LogP contribution is -2.44. The molecule has 0 spiro atoms. The highest BCUT2D eigenvalue weighted by Gasteiger charge is 2.27. The number of pyridine rings is 1. The fraction of sp³-hybridized carbons (Fsp3) is 0.471. The molecule has 2 N–H and O–H groups in total. The molecule has 2 heterocycles. The van der Waals surface area contributed by atoms with Crippen molar-refractivity contribution in [1.29, 1.82) is 0 Å². The normalized spacial score (nSPS) is 12.5. The van der Waals surface area contributed by atoms with Gasteiger partial charge in [-0.2, -0.15) is 0 Å². The molecule has 48 heavy (non-hydrogen) atoms. The molecule has 0 saturated heterocycles. The van der Waals surface area contributed by atoms with Crippen molar-refractivity contribution >= 4 is 40.7 Å². The molecule has 0 aliphatic carbocycles. The predicted molar refractivity (Wildman–Crippen MR) is 179 cm³/mol. The zero-order valence-corrected chi connectivity index (χ0v) is 29.0. The molecule has 0 aliphatic heterocycles. The third-order valence-corrected chi connectivity index (χ3v) is 6.88. The van der Waals surface area contributed by atoms with Gasteiger partial charge in [-0.3, -0.25) is 14.4 Å². The summed E-state index contributed by atoms with van der Waals surface area (Å²) in [6, 6.07) is 4.43. The molecule has 0 fully saturated rings. The van der Waals surface area contributed by atoms with Gasteiger partial charge in [-0.05, 0) is 75.3 Å². The number of rotatable bonds is 10. The lowest BCUT2D eigenvalue weighted by molar-refractivity contribution is -0.123. The third-order valence-electron chi connectivity index (χ3n) is 6.88. The average molecular weight is 669 g/mol. The van der Waals surface area contributed by atoms with E-state index in [4.69, 9.17) is 9.72 Å². The lowest BCUT2D eigenvalue weighted by atomic mass is 9.87. The number of imidazole rings is 1. The molecule has 2 aromatic heterocycles. The van der Waals surface area contributed by atoms with Crippen LogP contribution in [0.3, 0.4) is 0 Å². The van der Waals surface area contributed by atoms with Gasteiger partial charge in [0.05, 0.1) is 24.7 Å². The summed E-state index contributed by atoms with van der Waals surface area (Å²) >= 11 is 0. The maximum Gasteiger partial charge on any atom is 0.420 e. The number of methoxy groups -OCH3 is 1. The van der Waals surface area contributed by atoms with Crippen molar-refractivity contribution < 1.29 is 33.0 Å². The minimum absolute atomic E-state index is 0.100. The molecule has 1 atom stereocenters. The zero-order valence-electron chi connectivity index (χ0n) is 29.0. The Hall–Kier alpha value is -5.01. The fourth-order valence-electron chi connectivity index (χ4n) is 4.78. The van der Waals surface area contributed by atoms with Gasteiger partial charge in [0.1, 0.15) is 29.0 Å². The van der Waals surface area contributed by atoms with Crippen LogP contribution in [0.25, 0.3) is 11.0 Å². The SMILES string of the molecule is COC(=O)NC(CC/C=C/C(=O)N(C)C)C(=O)Nc1cccn(Cc2nc3c(CC(C)(C)C)cc(F)cc3n2C(=O)OC(C)(C)C)c1=O. The predicted octanol–water partition coefficient (Wildman–Crippen LogP) is 4.84. The number of carbonyl (C=O) groups excluding carboxylic acids is 4. The summed E-state index contributed by atoms with van der Waals surface area (Å²) in [4.78, 5) is 70.2. The topological polar surface area (TPSA) is 154 Å². The van der Waals surface area contributed by atoms with Crippen LogP contribution in [0.15, 0.2) is 47.4 Å². The van der Waals surface area contributed by atoms with Crippen LogP contribution in [0.5, 0.6) is 0 Å². The quantitative estimate of drug-likeness (QED) is 0.291. The molecule has 3 aromatic rings. The fourth-order valence-corrected chi connectivity index (χ4v) is 4.78. The van der Waals surface area contributed by atoms with Crippen molar-refractivity contribution in [2.45, 2.75) is 79.0 Å². The van der Waals surface area contributed by atoms with Gasteiger partial charge in [-0.25, -0.2) is 23.5 Å². The summed E-state index contributed by atoms with van der Waals surface area (Å²) in [5.74, 6) is -1.35. The summed E-state index contributed by atoms with van der Waals surface area (Å²) in [5, 5.41) is 5.01. The Morgan fingerprint density at radius 3 is 2.40 bits per heavy atom. The number of halogens is 1. The molecule has 0 bridgehead atoms. The molecule has 0 aliphatic rings. The molecule has 0 saturated carbocycles. The molecule has 1 aromatic carbocycles. The van der Waals surface area contributed by atoms with Gasteiger partial charge in [-0.1, -0.05) is 26.8 Å². The molecular formula is C34H45FN6O7.